The lowest BCUT2D eigenvalue weighted by Crippen LogP contribution is -2.24. The third-order valence-corrected chi connectivity index (χ3v) is 5.03. The second-order valence-electron chi connectivity index (χ2n) is 7.20. The molecular formula is C25H20N4O3. The monoisotopic (exact) mass is 424 g/mol. The average molecular weight is 424 g/mol. The van der Waals surface area contributed by atoms with Crippen LogP contribution in [0.2, 0.25) is 0 Å². The molecule has 0 radical (unpaired) electrons. The van der Waals surface area contributed by atoms with Crippen LogP contribution >= 0.6 is 0 Å². The molecule has 7 nitrogen and oxygen atoms in total. The summed E-state index contributed by atoms with van der Waals surface area (Å²) in [6.07, 6.45) is 1.90. The number of ether oxygens (including phenoxy) is 1. The molecule has 1 amide bonds. The Kier molecular flexibility index (Phi) is 5.36. The summed E-state index contributed by atoms with van der Waals surface area (Å²) in [5.74, 6) is 1.56. The molecule has 32 heavy (non-hydrogen) atoms. The molecule has 5 aromatic rings. The fraction of sp³-hybridized carbons (Fsp3) is 0.0800. The minimum absolute atomic E-state index is 0.200. The first-order valence-corrected chi connectivity index (χ1v) is 10.2. The van der Waals surface area contributed by atoms with Crippen molar-refractivity contribution in [1.82, 2.24) is 19.9 Å². The lowest BCUT2D eigenvalue weighted by molar-refractivity contribution is 0.0923. The van der Waals surface area contributed by atoms with Gasteiger partial charge < -0.3 is 14.5 Å². The highest BCUT2D eigenvalue weighted by Crippen LogP contribution is 2.25. The Hall–Kier alpha value is -4.39. The second kappa shape index (κ2) is 8.77. The second-order valence-corrected chi connectivity index (χ2v) is 7.20. The summed E-state index contributed by atoms with van der Waals surface area (Å²) in [7, 11) is 0. The molecule has 0 saturated carbocycles. The van der Waals surface area contributed by atoms with Crippen molar-refractivity contribution in [2.45, 2.75) is 13.0 Å². The van der Waals surface area contributed by atoms with Crippen LogP contribution in [0, 0.1) is 0 Å². The zero-order valence-electron chi connectivity index (χ0n) is 17.1. The summed E-state index contributed by atoms with van der Waals surface area (Å²) < 4.78 is 13.3. The van der Waals surface area contributed by atoms with E-state index >= 15 is 0 Å². The number of para-hydroxylation sites is 2. The van der Waals surface area contributed by atoms with Gasteiger partial charge in [0.05, 0.1) is 0 Å². The SMILES string of the molecule is O=C(NCc1ccccc1Oc1ccccc1)c1oc2ncnn2c1Cc1ccccc1. The minimum Gasteiger partial charge on any atom is -0.457 e. The molecule has 158 valence electrons. The number of nitrogens with one attached hydrogen (secondary N) is 1. The highest BCUT2D eigenvalue weighted by atomic mass is 16.5. The van der Waals surface area contributed by atoms with E-state index in [1.165, 1.54) is 6.33 Å². The smallest absolute Gasteiger partial charge is 0.325 e. The molecule has 0 atom stereocenters. The minimum atomic E-state index is -0.335. The summed E-state index contributed by atoms with van der Waals surface area (Å²) in [5.41, 5.74) is 2.54. The first-order valence-electron chi connectivity index (χ1n) is 10.2. The number of hydrogen-bond donors (Lipinski definition) is 1. The highest BCUT2D eigenvalue weighted by Gasteiger charge is 2.22. The maximum atomic E-state index is 13.1. The Morgan fingerprint density at radius 3 is 2.47 bits per heavy atom. The molecule has 0 fully saturated rings. The van der Waals surface area contributed by atoms with E-state index in [-0.39, 0.29) is 24.1 Å². The molecule has 1 N–H and O–H groups in total. The summed E-state index contributed by atoms with van der Waals surface area (Å²) in [6, 6.07) is 27.0. The van der Waals surface area contributed by atoms with E-state index in [4.69, 9.17) is 9.15 Å². The van der Waals surface area contributed by atoms with Crippen molar-refractivity contribution < 1.29 is 13.9 Å². The fourth-order valence-electron chi connectivity index (χ4n) is 3.47. The molecule has 2 aromatic heterocycles. The third kappa shape index (κ3) is 4.09. The van der Waals surface area contributed by atoms with Gasteiger partial charge in [-0.05, 0) is 23.8 Å². The molecule has 0 aliphatic heterocycles. The average Bonchev–Trinajstić information content (AvgIpc) is 3.42. The van der Waals surface area contributed by atoms with Gasteiger partial charge in [0.15, 0.2) is 0 Å². The van der Waals surface area contributed by atoms with Crippen molar-refractivity contribution in [1.29, 1.82) is 0 Å². The van der Waals surface area contributed by atoms with Crippen LogP contribution in [0.3, 0.4) is 0 Å². The summed E-state index contributed by atoms with van der Waals surface area (Å²) in [6.45, 7) is 0.281. The van der Waals surface area contributed by atoms with Crippen LogP contribution in [0.5, 0.6) is 11.5 Å². The molecule has 0 saturated heterocycles. The van der Waals surface area contributed by atoms with E-state index in [0.717, 1.165) is 16.9 Å². The van der Waals surface area contributed by atoms with Crippen LogP contribution in [0.25, 0.3) is 5.84 Å². The van der Waals surface area contributed by atoms with Gasteiger partial charge in [0, 0.05) is 18.5 Å². The molecule has 0 spiro atoms. The van der Waals surface area contributed by atoms with Crippen LogP contribution in [0.4, 0.5) is 0 Å². The van der Waals surface area contributed by atoms with E-state index in [2.05, 4.69) is 15.4 Å². The number of benzene rings is 3. The summed E-state index contributed by atoms with van der Waals surface area (Å²) in [4.78, 5) is 17.1. The van der Waals surface area contributed by atoms with E-state index in [9.17, 15) is 4.79 Å². The lowest BCUT2D eigenvalue weighted by atomic mass is 10.1. The van der Waals surface area contributed by atoms with Gasteiger partial charge in [-0.25, -0.2) is 0 Å². The van der Waals surface area contributed by atoms with E-state index < -0.39 is 0 Å². The molecule has 2 heterocycles. The standard InChI is InChI=1S/C25H20N4O3/c30-24(26-16-19-11-7-8-14-22(19)31-20-12-5-2-6-13-20)23-21(15-18-9-3-1-4-10-18)29-25(32-23)27-17-28-29/h1-14,17H,15-16H2,(H,26,30). The van der Waals surface area contributed by atoms with Crippen LogP contribution in [0.1, 0.15) is 27.4 Å². The van der Waals surface area contributed by atoms with E-state index in [0.29, 0.717) is 17.9 Å². The van der Waals surface area contributed by atoms with Crippen molar-refractivity contribution in [3.05, 3.63) is 114 Å². The summed E-state index contributed by atoms with van der Waals surface area (Å²) >= 11 is 0. The number of carbonyl (C=O) groups excluding carboxylic acids is 1. The molecular weight excluding hydrogens is 404 g/mol. The highest BCUT2D eigenvalue weighted by molar-refractivity contribution is 5.93. The van der Waals surface area contributed by atoms with Gasteiger partial charge in [0.2, 0.25) is 5.76 Å². The molecule has 3 aromatic carbocycles. The normalized spacial score (nSPS) is 10.9. The number of aromatic nitrogens is 3. The predicted octanol–water partition coefficient (Wildman–Crippen LogP) is 4.64. The largest absolute Gasteiger partial charge is 0.457 e. The van der Waals surface area contributed by atoms with Crippen molar-refractivity contribution in [3.63, 3.8) is 0 Å². The van der Waals surface area contributed by atoms with Gasteiger partial charge in [-0.2, -0.15) is 14.6 Å². The quantitative estimate of drug-likeness (QED) is 0.412. The first kappa shape index (κ1) is 19.6. The number of oxazole rings is 1. The number of rotatable bonds is 7. The predicted molar refractivity (Wildman–Crippen MR) is 119 cm³/mol. The van der Waals surface area contributed by atoms with Crippen molar-refractivity contribution >= 4 is 11.8 Å². The van der Waals surface area contributed by atoms with Crippen molar-refractivity contribution in [3.8, 4) is 11.5 Å². The van der Waals surface area contributed by atoms with Crippen LogP contribution in [-0.2, 0) is 13.0 Å². The molecule has 7 heteroatoms. The Morgan fingerprint density at radius 2 is 1.66 bits per heavy atom. The Bertz CT molecular complexity index is 1340. The molecule has 0 aliphatic rings. The van der Waals surface area contributed by atoms with Crippen LogP contribution < -0.4 is 10.1 Å². The van der Waals surface area contributed by atoms with Crippen LogP contribution in [0.15, 0.2) is 95.7 Å². The summed E-state index contributed by atoms with van der Waals surface area (Å²) in [5, 5.41) is 7.15. The number of nitrogens with zero attached hydrogens (tertiary/aromatic N) is 3. The van der Waals surface area contributed by atoms with E-state index in [1.807, 2.05) is 84.9 Å². The van der Waals surface area contributed by atoms with E-state index in [1.54, 1.807) is 4.52 Å². The molecule has 0 bridgehead atoms. The molecule has 0 unspecified atom stereocenters. The number of carbonyl (C=O) groups is 1. The van der Waals surface area contributed by atoms with Crippen molar-refractivity contribution in [2.24, 2.45) is 0 Å². The topological polar surface area (TPSA) is 81.7 Å². The molecule has 0 aliphatic carbocycles. The lowest BCUT2D eigenvalue weighted by Gasteiger charge is -2.12. The number of hydrogen-bond acceptors (Lipinski definition) is 5. The Balaban J connectivity index is 1.36. The zero-order chi connectivity index (χ0) is 21.8. The maximum Gasteiger partial charge on any atom is 0.325 e. The fourth-order valence-corrected chi connectivity index (χ4v) is 3.47. The van der Waals surface area contributed by atoms with Crippen LogP contribution in [-0.4, -0.2) is 20.5 Å². The van der Waals surface area contributed by atoms with Gasteiger partial charge in [0.1, 0.15) is 23.5 Å². The van der Waals surface area contributed by atoms with Gasteiger partial charge in [0.25, 0.3) is 5.91 Å². The molecule has 5 rings (SSSR count). The van der Waals surface area contributed by atoms with Crippen molar-refractivity contribution in [2.75, 3.05) is 0 Å². The van der Waals surface area contributed by atoms with Gasteiger partial charge in [-0.1, -0.05) is 66.7 Å². The third-order valence-electron chi connectivity index (χ3n) is 5.03. The number of amides is 1. The zero-order valence-corrected chi connectivity index (χ0v) is 17.1. The van der Waals surface area contributed by atoms with Gasteiger partial charge in [-0.3, -0.25) is 4.79 Å². The maximum absolute atomic E-state index is 13.1. The number of fused-ring (bicyclic) bond motifs is 1. The van der Waals surface area contributed by atoms with Gasteiger partial charge in [-0.15, -0.1) is 0 Å². The Morgan fingerprint density at radius 1 is 0.938 bits per heavy atom. The first-order chi connectivity index (χ1) is 15.8. The Labute approximate surface area is 184 Å². The van der Waals surface area contributed by atoms with Gasteiger partial charge >= 0.3 is 5.84 Å².